The minimum Gasteiger partial charge on any atom is -0.428 e. The van der Waals surface area contributed by atoms with Crippen molar-refractivity contribution in [3.63, 3.8) is 0 Å². The Morgan fingerprint density at radius 2 is 2.05 bits per heavy atom. The Balaban J connectivity index is 1.76. The summed E-state index contributed by atoms with van der Waals surface area (Å²) in [6.45, 7) is 1.96. The summed E-state index contributed by atoms with van der Waals surface area (Å²) in [5.41, 5.74) is 2.25. The molecule has 0 saturated heterocycles. The van der Waals surface area contributed by atoms with Gasteiger partial charge in [-0.1, -0.05) is 6.92 Å². The average molecular weight is 272 g/mol. The topological polar surface area (TPSA) is 80.9 Å². The highest BCUT2D eigenvalue weighted by Crippen LogP contribution is 2.17. The van der Waals surface area contributed by atoms with E-state index in [1.807, 2.05) is 6.92 Å². The van der Waals surface area contributed by atoms with E-state index < -0.39 is 0 Å². The molecule has 0 atom stereocenters. The van der Waals surface area contributed by atoms with Crippen LogP contribution in [-0.4, -0.2) is 20.9 Å². The van der Waals surface area contributed by atoms with Crippen molar-refractivity contribution in [3.8, 4) is 0 Å². The van der Waals surface area contributed by atoms with Crippen LogP contribution in [0.1, 0.15) is 47.4 Å². The summed E-state index contributed by atoms with van der Waals surface area (Å²) >= 11 is 0. The van der Waals surface area contributed by atoms with Crippen LogP contribution >= 0.6 is 0 Å². The Hall–Kier alpha value is -2.24. The lowest BCUT2D eigenvalue weighted by atomic mass is 10.0. The fraction of sp³-hybridized carbons (Fsp3) is 0.429. The van der Waals surface area contributed by atoms with Gasteiger partial charge in [0.25, 0.3) is 5.91 Å². The number of nitrogens with zero attached hydrogens (tertiary/aromatic N) is 3. The number of rotatable bonds is 3. The lowest BCUT2D eigenvalue weighted by Gasteiger charge is -2.13. The minimum absolute atomic E-state index is 0.200. The SMILES string of the molecule is CCc1cnc(NC(=O)c2cnc3c(n2)CCCC3)o1. The van der Waals surface area contributed by atoms with E-state index >= 15 is 0 Å². The first-order valence-electron chi connectivity index (χ1n) is 6.87. The van der Waals surface area contributed by atoms with Gasteiger partial charge in [0, 0.05) is 6.42 Å². The Kier molecular flexibility index (Phi) is 3.45. The Bertz CT molecular complexity index is 636. The molecule has 6 nitrogen and oxygen atoms in total. The fourth-order valence-electron chi connectivity index (χ4n) is 2.25. The maximum Gasteiger partial charge on any atom is 0.301 e. The number of carbonyl (C=O) groups is 1. The Labute approximate surface area is 116 Å². The van der Waals surface area contributed by atoms with Gasteiger partial charge >= 0.3 is 6.01 Å². The number of oxazole rings is 1. The van der Waals surface area contributed by atoms with Gasteiger partial charge in [-0.05, 0) is 25.7 Å². The van der Waals surface area contributed by atoms with E-state index in [1.54, 1.807) is 6.20 Å². The molecule has 1 N–H and O–H groups in total. The van der Waals surface area contributed by atoms with Gasteiger partial charge in [-0.25, -0.2) is 9.97 Å². The maximum atomic E-state index is 12.1. The second-order valence-electron chi connectivity index (χ2n) is 4.80. The molecule has 0 unspecified atom stereocenters. The lowest BCUT2D eigenvalue weighted by molar-refractivity contribution is 0.101. The zero-order valence-electron chi connectivity index (χ0n) is 11.3. The van der Waals surface area contributed by atoms with Gasteiger partial charge in [-0.2, -0.15) is 0 Å². The first-order chi connectivity index (χ1) is 9.76. The van der Waals surface area contributed by atoms with E-state index in [9.17, 15) is 4.79 Å². The van der Waals surface area contributed by atoms with Crippen LogP contribution in [-0.2, 0) is 19.3 Å². The molecule has 0 aromatic carbocycles. The van der Waals surface area contributed by atoms with Gasteiger partial charge in [0.15, 0.2) is 0 Å². The van der Waals surface area contributed by atoms with E-state index in [4.69, 9.17) is 4.42 Å². The summed E-state index contributed by atoms with van der Waals surface area (Å²) in [5.74, 6) is 0.396. The number of hydrogen-bond donors (Lipinski definition) is 1. The van der Waals surface area contributed by atoms with Crippen LogP contribution in [0, 0.1) is 0 Å². The van der Waals surface area contributed by atoms with Gasteiger partial charge in [0.2, 0.25) is 0 Å². The van der Waals surface area contributed by atoms with Crippen molar-refractivity contribution in [3.05, 3.63) is 35.2 Å². The van der Waals surface area contributed by atoms with Crippen molar-refractivity contribution in [1.29, 1.82) is 0 Å². The van der Waals surface area contributed by atoms with Crippen molar-refractivity contribution in [2.45, 2.75) is 39.0 Å². The largest absolute Gasteiger partial charge is 0.428 e. The fourth-order valence-corrected chi connectivity index (χ4v) is 2.25. The lowest BCUT2D eigenvalue weighted by Crippen LogP contribution is -2.17. The number of nitrogens with one attached hydrogen (secondary N) is 1. The molecular formula is C14H16N4O2. The molecule has 104 valence electrons. The van der Waals surface area contributed by atoms with Crippen LogP contribution in [0.15, 0.2) is 16.8 Å². The number of hydrogen-bond acceptors (Lipinski definition) is 5. The highest BCUT2D eigenvalue weighted by atomic mass is 16.4. The molecule has 6 heteroatoms. The molecule has 2 aromatic rings. The summed E-state index contributed by atoms with van der Waals surface area (Å²) in [6.07, 6.45) is 7.95. The Morgan fingerprint density at radius 1 is 1.25 bits per heavy atom. The van der Waals surface area contributed by atoms with Crippen molar-refractivity contribution in [2.75, 3.05) is 5.32 Å². The molecule has 20 heavy (non-hydrogen) atoms. The molecule has 3 rings (SSSR count). The van der Waals surface area contributed by atoms with Crippen molar-refractivity contribution >= 4 is 11.9 Å². The molecular weight excluding hydrogens is 256 g/mol. The normalized spacial score (nSPS) is 13.8. The van der Waals surface area contributed by atoms with E-state index in [0.29, 0.717) is 5.69 Å². The van der Waals surface area contributed by atoms with E-state index in [2.05, 4.69) is 20.3 Å². The molecule has 1 amide bonds. The van der Waals surface area contributed by atoms with E-state index in [1.165, 1.54) is 6.20 Å². The zero-order valence-corrected chi connectivity index (χ0v) is 11.3. The van der Waals surface area contributed by atoms with E-state index in [-0.39, 0.29) is 11.9 Å². The molecule has 0 bridgehead atoms. The molecule has 0 spiro atoms. The van der Waals surface area contributed by atoms with Crippen LogP contribution in [0.2, 0.25) is 0 Å². The van der Waals surface area contributed by atoms with Crippen LogP contribution in [0.25, 0.3) is 0 Å². The highest BCUT2D eigenvalue weighted by Gasteiger charge is 2.17. The van der Waals surface area contributed by atoms with Crippen molar-refractivity contribution < 1.29 is 9.21 Å². The third kappa shape index (κ3) is 2.54. The number of aromatic nitrogens is 3. The smallest absolute Gasteiger partial charge is 0.301 e. The molecule has 0 radical (unpaired) electrons. The van der Waals surface area contributed by atoms with Crippen LogP contribution < -0.4 is 5.32 Å². The van der Waals surface area contributed by atoms with E-state index in [0.717, 1.165) is 49.3 Å². The second-order valence-corrected chi connectivity index (χ2v) is 4.80. The van der Waals surface area contributed by atoms with Crippen LogP contribution in [0.3, 0.4) is 0 Å². The first-order valence-corrected chi connectivity index (χ1v) is 6.87. The first kappa shape index (κ1) is 12.8. The molecule has 1 aliphatic carbocycles. The molecule has 2 heterocycles. The standard InChI is InChI=1S/C14H16N4O2/c1-2-9-7-16-14(20-9)18-13(19)12-8-15-10-5-3-4-6-11(10)17-12/h7-8H,2-6H2,1H3,(H,16,18,19). The third-order valence-electron chi connectivity index (χ3n) is 3.36. The summed E-state index contributed by atoms with van der Waals surface area (Å²) in [7, 11) is 0. The zero-order chi connectivity index (χ0) is 13.9. The highest BCUT2D eigenvalue weighted by molar-refractivity contribution is 6.01. The number of fused-ring (bicyclic) bond motifs is 1. The summed E-state index contributed by atoms with van der Waals surface area (Å²) in [6, 6.07) is 0.200. The van der Waals surface area contributed by atoms with Gasteiger partial charge in [-0.3, -0.25) is 15.1 Å². The van der Waals surface area contributed by atoms with Gasteiger partial charge in [-0.15, -0.1) is 0 Å². The van der Waals surface area contributed by atoms with Gasteiger partial charge < -0.3 is 4.42 Å². The van der Waals surface area contributed by atoms with Crippen molar-refractivity contribution in [2.24, 2.45) is 0 Å². The Morgan fingerprint density at radius 3 is 2.80 bits per heavy atom. The number of anilines is 1. The minimum atomic E-state index is -0.338. The molecule has 0 fully saturated rings. The summed E-state index contributed by atoms with van der Waals surface area (Å²) < 4.78 is 5.35. The number of carbonyl (C=O) groups excluding carboxylic acids is 1. The average Bonchev–Trinajstić information content (AvgIpc) is 2.94. The van der Waals surface area contributed by atoms with Gasteiger partial charge in [0.05, 0.1) is 23.8 Å². The second kappa shape index (κ2) is 5.40. The number of amides is 1. The quantitative estimate of drug-likeness (QED) is 0.926. The summed E-state index contributed by atoms with van der Waals surface area (Å²) in [5, 5.41) is 2.60. The monoisotopic (exact) mass is 272 g/mol. The predicted molar refractivity (Wildman–Crippen MR) is 72.5 cm³/mol. The predicted octanol–water partition coefficient (Wildman–Crippen LogP) is 2.16. The van der Waals surface area contributed by atoms with Crippen LogP contribution in [0.5, 0.6) is 0 Å². The molecule has 0 saturated carbocycles. The third-order valence-corrected chi connectivity index (χ3v) is 3.36. The van der Waals surface area contributed by atoms with Crippen LogP contribution in [0.4, 0.5) is 6.01 Å². The van der Waals surface area contributed by atoms with Crippen molar-refractivity contribution in [1.82, 2.24) is 15.0 Å². The maximum absolute atomic E-state index is 12.1. The van der Waals surface area contributed by atoms with Gasteiger partial charge in [0.1, 0.15) is 11.5 Å². The molecule has 2 aromatic heterocycles. The molecule has 1 aliphatic rings. The number of aryl methyl sites for hydroxylation is 3. The molecule has 0 aliphatic heterocycles. The summed E-state index contributed by atoms with van der Waals surface area (Å²) in [4.78, 5) is 24.8.